The fourth-order valence-electron chi connectivity index (χ4n) is 2.25. The highest BCUT2D eigenvalue weighted by molar-refractivity contribution is 5.91. The highest BCUT2D eigenvalue weighted by atomic mass is 16.2. The van der Waals surface area contributed by atoms with Gasteiger partial charge in [-0.15, -0.1) is 0 Å². The second-order valence-electron chi connectivity index (χ2n) is 5.09. The highest BCUT2D eigenvalue weighted by Gasteiger charge is 2.17. The van der Waals surface area contributed by atoms with Gasteiger partial charge in [0.05, 0.1) is 11.4 Å². The number of nitrogens with one attached hydrogen (secondary N) is 1. The summed E-state index contributed by atoms with van der Waals surface area (Å²) in [5.74, 6) is -0.108. The van der Waals surface area contributed by atoms with Gasteiger partial charge >= 0.3 is 0 Å². The maximum atomic E-state index is 12.5. The number of unbranched alkanes of at least 4 members (excludes halogenated alkanes) is 1. The van der Waals surface area contributed by atoms with Crippen molar-refractivity contribution >= 4 is 11.6 Å². The van der Waals surface area contributed by atoms with Crippen molar-refractivity contribution in [3.63, 3.8) is 0 Å². The lowest BCUT2D eigenvalue weighted by Crippen LogP contribution is -2.22. The Kier molecular flexibility index (Phi) is 4.62. The Morgan fingerprint density at radius 2 is 1.90 bits per heavy atom. The van der Waals surface area contributed by atoms with Crippen LogP contribution in [0.2, 0.25) is 0 Å². The Morgan fingerprint density at radius 3 is 2.52 bits per heavy atom. The van der Waals surface area contributed by atoms with Crippen molar-refractivity contribution in [2.45, 2.75) is 33.1 Å². The monoisotopic (exact) mass is 287 g/mol. The summed E-state index contributed by atoms with van der Waals surface area (Å²) in [4.78, 5) is 24.4. The SMILES string of the molecule is CCCCC(=O)Nc1c(C)n(C)n(-c2ccccc2)c1=O. The average molecular weight is 287 g/mol. The van der Waals surface area contributed by atoms with E-state index in [1.54, 1.807) is 9.36 Å². The zero-order valence-corrected chi connectivity index (χ0v) is 12.7. The van der Waals surface area contributed by atoms with Crippen LogP contribution < -0.4 is 10.9 Å². The van der Waals surface area contributed by atoms with Crippen molar-refractivity contribution in [3.8, 4) is 5.69 Å². The number of para-hydroxylation sites is 1. The summed E-state index contributed by atoms with van der Waals surface area (Å²) < 4.78 is 3.32. The zero-order valence-electron chi connectivity index (χ0n) is 12.7. The number of amides is 1. The van der Waals surface area contributed by atoms with Gasteiger partial charge in [0.1, 0.15) is 5.69 Å². The molecule has 0 saturated heterocycles. The van der Waals surface area contributed by atoms with Crippen LogP contribution in [0.3, 0.4) is 0 Å². The Balaban J connectivity index is 2.37. The third-order valence-electron chi connectivity index (χ3n) is 3.58. The third-order valence-corrected chi connectivity index (χ3v) is 3.58. The van der Waals surface area contributed by atoms with E-state index in [1.807, 2.05) is 51.2 Å². The minimum atomic E-state index is -0.203. The van der Waals surface area contributed by atoms with Crippen molar-refractivity contribution in [2.24, 2.45) is 7.05 Å². The highest BCUT2D eigenvalue weighted by Crippen LogP contribution is 2.14. The summed E-state index contributed by atoms with van der Waals surface area (Å²) in [5.41, 5.74) is 1.68. The standard InChI is InChI=1S/C16H21N3O2/c1-4-5-11-14(20)17-15-12(2)18(3)19(16(15)21)13-9-7-6-8-10-13/h6-10H,4-5,11H2,1-3H3,(H,17,20). The predicted octanol–water partition coefficient (Wildman–Crippen LogP) is 2.61. The molecule has 0 unspecified atom stereocenters. The molecule has 0 aliphatic heterocycles. The smallest absolute Gasteiger partial charge is 0.295 e. The van der Waals surface area contributed by atoms with Crippen LogP contribution in [-0.4, -0.2) is 15.3 Å². The first-order valence-corrected chi connectivity index (χ1v) is 7.20. The van der Waals surface area contributed by atoms with E-state index >= 15 is 0 Å². The molecular weight excluding hydrogens is 266 g/mol. The third kappa shape index (κ3) is 3.07. The molecule has 0 aliphatic carbocycles. The van der Waals surface area contributed by atoms with Crippen molar-refractivity contribution in [1.82, 2.24) is 9.36 Å². The lowest BCUT2D eigenvalue weighted by molar-refractivity contribution is -0.116. The van der Waals surface area contributed by atoms with Gasteiger partial charge in [-0.3, -0.25) is 14.3 Å². The van der Waals surface area contributed by atoms with Gasteiger partial charge in [0, 0.05) is 13.5 Å². The van der Waals surface area contributed by atoms with Gasteiger partial charge in [0.15, 0.2) is 0 Å². The molecular formula is C16H21N3O2. The van der Waals surface area contributed by atoms with Crippen molar-refractivity contribution in [1.29, 1.82) is 0 Å². The molecule has 0 spiro atoms. The Hall–Kier alpha value is -2.30. The van der Waals surface area contributed by atoms with Gasteiger partial charge in [-0.05, 0) is 25.5 Å². The molecule has 1 heterocycles. The van der Waals surface area contributed by atoms with E-state index in [0.717, 1.165) is 24.2 Å². The second-order valence-corrected chi connectivity index (χ2v) is 5.09. The first kappa shape index (κ1) is 15.1. The summed E-state index contributed by atoms with van der Waals surface area (Å²) >= 11 is 0. The predicted molar refractivity (Wildman–Crippen MR) is 83.9 cm³/mol. The Bertz CT molecular complexity index is 684. The van der Waals surface area contributed by atoms with Crippen LogP contribution in [0.25, 0.3) is 5.69 Å². The molecule has 0 radical (unpaired) electrons. The number of rotatable bonds is 5. The maximum Gasteiger partial charge on any atom is 0.295 e. The molecule has 0 fully saturated rings. The lowest BCUT2D eigenvalue weighted by atomic mass is 10.2. The molecule has 5 heteroatoms. The molecule has 21 heavy (non-hydrogen) atoms. The minimum Gasteiger partial charge on any atom is -0.320 e. The molecule has 1 amide bonds. The topological polar surface area (TPSA) is 56.0 Å². The number of hydrogen-bond donors (Lipinski definition) is 1. The van der Waals surface area contributed by atoms with Crippen LogP contribution in [0.15, 0.2) is 35.1 Å². The molecule has 1 N–H and O–H groups in total. The number of hydrogen-bond acceptors (Lipinski definition) is 2. The number of benzene rings is 1. The van der Waals surface area contributed by atoms with E-state index in [1.165, 1.54) is 0 Å². The first-order chi connectivity index (χ1) is 10.1. The summed E-state index contributed by atoms with van der Waals surface area (Å²) in [6, 6.07) is 9.39. The van der Waals surface area contributed by atoms with Crippen LogP contribution >= 0.6 is 0 Å². The van der Waals surface area contributed by atoms with Crippen molar-refractivity contribution in [2.75, 3.05) is 5.32 Å². The van der Waals surface area contributed by atoms with Gasteiger partial charge in [-0.2, -0.15) is 0 Å². The quantitative estimate of drug-likeness (QED) is 0.919. The van der Waals surface area contributed by atoms with E-state index in [2.05, 4.69) is 5.32 Å². The summed E-state index contributed by atoms with van der Waals surface area (Å²) in [6.07, 6.45) is 2.22. The number of anilines is 1. The van der Waals surface area contributed by atoms with E-state index in [9.17, 15) is 9.59 Å². The molecule has 1 aromatic carbocycles. The molecule has 2 aromatic rings. The molecule has 1 aromatic heterocycles. The van der Waals surface area contributed by atoms with Gasteiger partial charge in [-0.1, -0.05) is 31.5 Å². The fourth-order valence-corrected chi connectivity index (χ4v) is 2.25. The molecule has 0 aliphatic rings. The van der Waals surface area contributed by atoms with Gasteiger partial charge in [0.2, 0.25) is 5.91 Å². The lowest BCUT2D eigenvalue weighted by Gasteiger charge is -2.07. The summed E-state index contributed by atoms with van der Waals surface area (Å²) in [7, 11) is 1.81. The average Bonchev–Trinajstić information content (AvgIpc) is 2.70. The number of carbonyl (C=O) groups excluding carboxylic acids is 1. The molecule has 0 saturated carbocycles. The fraction of sp³-hybridized carbons (Fsp3) is 0.375. The van der Waals surface area contributed by atoms with Crippen LogP contribution in [0.5, 0.6) is 0 Å². The minimum absolute atomic E-state index is 0.108. The largest absolute Gasteiger partial charge is 0.320 e. The molecule has 2 rings (SSSR count). The number of aromatic nitrogens is 2. The molecule has 5 nitrogen and oxygen atoms in total. The second kappa shape index (κ2) is 6.43. The zero-order chi connectivity index (χ0) is 15.4. The molecule has 0 bridgehead atoms. The summed E-state index contributed by atoms with van der Waals surface area (Å²) in [5, 5.41) is 2.75. The van der Waals surface area contributed by atoms with Crippen LogP contribution in [-0.2, 0) is 11.8 Å². The number of nitrogens with zero attached hydrogens (tertiary/aromatic N) is 2. The Morgan fingerprint density at radius 1 is 1.24 bits per heavy atom. The van der Waals surface area contributed by atoms with Gasteiger partial charge in [-0.25, -0.2) is 4.68 Å². The molecule has 112 valence electrons. The first-order valence-electron chi connectivity index (χ1n) is 7.20. The van der Waals surface area contributed by atoms with E-state index < -0.39 is 0 Å². The number of carbonyl (C=O) groups is 1. The van der Waals surface area contributed by atoms with E-state index in [0.29, 0.717) is 12.1 Å². The van der Waals surface area contributed by atoms with Crippen LogP contribution in [0.4, 0.5) is 5.69 Å². The normalized spacial score (nSPS) is 10.6. The molecule has 0 atom stereocenters. The van der Waals surface area contributed by atoms with E-state index in [4.69, 9.17) is 0 Å². The Labute approximate surface area is 124 Å². The maximum absolute atomic E-state index is 12.5. The van der Waals surface area contributed by atoms with Crippen LogP contribution in [0, 0.1) is 6.92 Å². The van der Waals surface area contributed by atoms with E-state index in [-0.39, 0.29) is 11.5 Å². The van der Waals surface area contributed by atoms with Crippen molar-refractivity contribution < 1.29 is 4.79 Å². The summed E-state index contributed by atoms with van der Waals surface area (Å²) in [6.45, 7) is 3.86. The van der Waals surface area contributed by atoms with Crippen LogP contribution in [0.1, 0.15) is 31.9 Å². The van der Waals surface area contributed by atoms with Gasteiger partial charge in [0.25, 0.3) is 5.56 Å². The van der Waals surface area contributed by atoms with Crippen molar-refractivity contribution in [3.05, 3.63) is 46.4 Å². The van der Waals surface area contributed by atoms with Gasteiger partial charge < -0.3 is 5.32 Å².